The van der Waals surface area contributed by atoms with Crippen molar-refractivity contribution in [1.82, 2.24) is 20.4 Å². The number of ether oxygens (including phenoxy) is 2. The van der Waals surface area contributed by atoms with Crippen LogP contribution in [0.4, 0.5) is 13.2 Å². The van der Waals surface area contributed by atoms with Crippen LogP contribution in [0.2, 0.25) is 5.02 Å². The molecule has 13 heteroatoms. The van der Waals surface area contributed by atoms with E-state index in [-0.39, 0.29) is 36.6 Å². The van der Waals surface area contributed by atoms with Crippen LogP contribution in [0.1, 0.15) is 48.8 Å². The van der Waals surface area contributed by atoms with Crippen molar-refractivity contribution in [2.75, 3.05) is 26.2 Å². The minimum Gasteiger partial charge on any atom is -0.488 e. The number of hydrogen-bond acceptors (Lipinski definition) is 7. The molecule has 2 saturated heterocycles. The van der Waals surface area contributed by atoms with Gasteiger partial charge in [0.25, 0.3) is 12.4 Å². The van der Waals surface area contributed by atoms with Crippen molar-refractivity contribution in [3.05, 3.63) is 105 Å². The topological polar surface area (TPSA) is 100 Å². The fourth-order valence-electron chi connectivity index (χ4n) is 7.52. The van der Waals surface area contributed by atoms with Crippen LogP contribution in [0.15, 0.2) is 66.2 Å². The number of hydrogen-bond donors (Lipinski definition) is 2. The fraction of sp³-hybridized carbons (Fsp3) is 0.410. The Balaban J connectivity index is 1.12. The lowest BCUT2D eigenvalue weighted by Crippen LogP contribution is -2.63. The summed E-state index contributed by atoms with van der Waals surface area (Å²) in [6, 6.07) is 16.1. The summed E-state index contributed by atoms with van der Waals surface area (Å²) in [7, 11) is 0. The van der Waals surface area contributed by atoms with Gasteiger partial charge in [-0.15, -0.1) is 0 Å². The summed E-state index contributed by atoms with van der Waals surface area (Å²) < 4.78 is 51.8. The van der Waals surface area contributed by atoms with Crippen molar-refractivity contribution in [2.24, 2.45) is 0 Å². The van der Waals surface area contributed by atoms with Crippen LogP contribution in [0, 0.1) is 17.5 Å². The van der Waals surface area contributed by atoms with Crippen LogP contribution < -0.4 is 15.4 Å². The lowest BCUT2D eigenvalue weighted by atomic mass is 9.82. The maximum atomic E-state index is 14.8. The number of carbonyl (C=O) groups excluding carboxylic acids is 3. The van der Waals surface area contributed by atoms with Crippen molar-refractivity contribution in [2.45, 2.75) is 75.3 Å². The van der Waals surface area contributed by atoms with E-state index in [0.29, 0.717) is 68.9 Å². The number of fused-ring (bicyclic) bond motifs is 2. The average Bonchev–Trinajstić information content (AvgIpc) is 3.88. The van der Waals surface area contributed by atoms with E-state index in [4.69, 9.17) is 21.1 Å². The summed E-state index contributed by atoms with van der Waals surface area (Å²) in [5, 5.41) is 7.42. The molecule has 4 atom stereocenters. The van der Waals surface area contributed by atoms with E-state index in [9.17, 15) is 27.6 Å². The second-order valence-corrected chi connectivity index (χ2v) is 14.3. The van der Waals surface area contributed by atoms with E-state index in [0.717, 1.165) is 47.2 Å². The predicted octanol–water partition coefficient (Wildman–Crippen LogP) is 5.19. The summed E-state index contributed by atoms with van der Waals surface area (Å²) in [5.74, 6) is -4.35. The van der Waals surface area contributed by atoms with E-state index >= 15 is 0 Å². The highest BCUT2D eigenvalue weighted by Crippen LogP contribution is 2.38. The third-order valence-electron chi connectivity index (χ3n) is 10.3. The summed E-state index contributed by atoms with van der Waals surface area (Å²) in [4.78, 5) is 43.1. The second kappa shape index (κ2) is 15.7. The number of piperazine rings is 1. The van der Waals surface area contributed by atoms with Crippen LogP contribution in [0.5, 0.6) is 5.75 Å². The van der Waals surface area contributed by atoms with Crippen LogP contribution in [-0.2, 0) is 32.1 Å². The number of carbonyl (C=O) groups is 3. The molecule has 2 N–H and O–H groups in total. The molecule has 3 aromatic rings. The summed E-state index contributed by atoms with van der Waals surface area (Å²) in [6.45, 7) is 1.96. The summed E-state index contributed by atoms with van der Waals surface area (Å²) >= 11 is 6.55. The van der Waals surface area contributed by atoms with Crippen LogP contribution in [0.3, 0.4) is 0 Å². The molecule has 0 radical (unpaired) electrons. The first-order valence-corrected chi connectivity index (χ1v) is 18.1. The molecule has 0 spiro atoms. The zero-order valence-electron chi connectivity index (χ0n) is 28.5. The molecule has 7 rings (SSSR count). The average molecular weight is 737 g/mol. The first-order valence-electron chi connectivity index (χ1n) is 17.7. The highest BCUT2D eigenvalue weighted by molar-refractivity contribution is 6.31. The molecule has 2 bridgehead atoms. The molecule has 1 saturated carbocycles. The minimum atomic E-state index is -1.35. The van der Waals surface area contributed by atoms with Gasteiger partial charge in [0.1, 0.15) is 6.10 Å². The quantitative estimate of drug-likeness (QED) is 0.142. The molecule has 3 heterocycles. The van der Waals surface area contributed by atoms with Gasteiger partial charge < -0.3 is 29.9 Å². The highest BCUT2D eigenvalue weighted by atomic mass is 35.5. The Bertz CT molecular complexity index is 1860. The van der Waals surface area contributed by atoms with Crippen molar-refractivity contribution >= 4 is 35.5 Å². The first kappa shape index (κ1) is 36.0. The van der Waals surface area contributed by atoms with Gasteiger partial charge in [0.15, 0.2) is 17.4 Å². The Morgan fingerprint density at radius 3 is 2.52 bits per heavy atom. The number of halogens is 4. The molecule has 1 aliphatic carbocycles. The maximum Gasteiger partial charge on any atom is 0.293 e. The monoisotopic (exact) mass is 736 g/mol. The lowest BCUT2D eigenvalue weighted by molar-refractivity contribution is -0.137. The number of aryl methyl sites for hydroxylation is 1. The fourth-order valence-corrected chi connectivity index (χ4v) is 7.72. The standard InChI is InChI=1S/C39H40ClF3N4O5/c40-30-6-2-1-5-25(30)19-47(27-11-12-27)39(50)35-29(16-26-20-46(21-34(35)45-26)38(49)33-17-28(18-44-33)52-22-48)24-9-7-23(8-10-24)4-3-15-51-37-32(42)14-13-31(41)36(37)43/h1-2,5-10,13-14,22,26-28,33-34,44-45H,3-4,11-12,15-21H2/t26-,28+,33?,34+/m0/s1. The predicted molar refractivity (Wildman–Crippen MR) is 188 cm³/mol. The zero-order chi connectivity index (χ0) is 36.4. The third kappa shape index (κ3) is 7.84. The van der Waals surface area contributed by atoms with Crippen LogP contribution in [0.25, 0.3) is 5.57 Å². The SMILES string of the molecule is O=CO[C@H]1CNC(C(=O)N2C[C@@H]3CC(c4ccc(CCCOc5c(F)ccc(F)c5F)cc4)=C(C(=O)N(Cc4ccccc4Cl)C4CC4)[C@@H](C2)N3)C1. The van der Waals surface area contributed by atoms with E-state index < -0.39 is 35.3 Å². The second-order valence-electron chi connectivity index (χ2n) is 13.9. The molecule has 3 aromatic carbocycles. The number of rotatable bonds is 13. The van der Waals surface area contributed by atoms with Gasteiger partial charge in [-0.25, -0.2) is 8.78 Å². The van der Waals surface area contributed by atoms with Crippen LogP contribution in [-0.4, -0.2) is 84.6 Å². The normalized spacial score (nSPS) is 22.7. The van der Waals surface area contributed by atoms with E-state index in [1.807, 2.05) is 58.3 Å². The molecule has 1 unspecified atom stereocenters. The molecule has 9 nitrogen and oxygen atoms in total. The van der Waals surface area contributed by atoms with Gasteiger partial charge in [-0.05, 0) is 72.6 Å². The van der Waals surface area contributed by atoms with Crippen molar-refractivity contribution < 1.29 is 37.0 Å². The number of nitrogens with zero attached hydrogens (tertiary/aromatic N) is 2. The van der Waals surface area contributed by atoms with Gasteiger partial charge >= 0.3 is 0 Å². The largest absolute Gasteiger partial charge is 0.488 e. The molecule has 3 fully saturated rings. The number of benzene rings is 3. The zero-order valence-corrected chi connectivity index (χ0v) is 29.2. The molecular weight excluding hydrogens is 697 g/mol. The van der Waals surface area contributed by atoms with Gasteiger partial charge in [0.05, 0.1) is 18.7 Å². The molecule has 3 aliphatic heterocycles. The first-order chi connectivity index (χ1) is 25.2. The molecule has 0 aromatic heterocycles. The van der Waals surface area contributed by atoms with Gasteiger partial charge in [0, 0.05) is 55.3 Å². The highest BCUT2D eigenvalue weighted by Gasteiger charge is 2.45. The number of nitrogens with one attached hydrogen (secondary N) is 2. The van der Waals surface area contributed by atoms with Crippen LogP contribution >= 0.6 is 11.6 Å². The minimum absolute atomic E-state index is 0.00330. The third-order valence-corrected chi connectivity index (χ3v) is 10.7. The van der Waals surface area contributed by atoms with Gasteiger partial charge in [0.2, 0.25) is 11.7 Å². The van der Waals surface area contributed by atoms with E-state index in [1.165, 1.54) is 0 Å². The Hall–Kier alpha value is -4.39. The van der Waals surface area contributed by atoms with Gasteiger partial charge in [-0.3, -0.25) is 14.4 Å². The van der Waals surface area contributed by atoms with E-state index in [1.54, 1.807) is 0 Å². The Morgan fingerprint density at radius 1 is 1.00 bits per heavy atom. The Morgan fingerprint density at radius 2 is 1.77 bits per heavy atom. The molecule has 274 valence electrons. The maximum absolute atomic E-state index is 14.8. The van der Waals surface area contributed by atoms with Crippen molar-refractivity contribution in [1.29, 1.82) is 0 Å². The van der Waals surface area contributed by atoms with Gasteiger partial charge in [-0.1, -0.05) is 54.1 Å². The van der Waals surface area contributed by atoms with Crippen molar-refractivity contribution in [3.63, 3.8) is 0 Å². The lowest BCUT2D eigenvalue weighted by Gasteiger charge is -2.45. The smallest absolute Gasteiger partial charge is 0.293 e. The summed E-state index contributed by atoms with van der Waals surface area (Å²) in [6.07, 6.45) is 3.36. The number of amides is 2. The van der Waals surface area contributed by atoms with E-state index in [2.05, 4.69) is 10.6 Å². The summed E-state index contributed by atoms with van der Waals surface area (Å²) in [5.41, 5.74) is 4.30. The van der Waals surface area contributed by atoms with Crippen molar-refractivity contribution in [3.8, 4) is 5.75 Å². The molecule has 2 amide bonds. The Labute approximate surface area is 305 Å². The Kier molecular flexibility index (Phi) is 10.9. The molecule has 52 heavy (non-hydrogen) atoms. The van der Waals surface area contributed by atoms with Gasteiger partial charge in [-0.2, -0.15) is 4.39 Å². The molecule has 4 aliphatic rings. The molecular formula is C39H40ClF3N4O5.